The SMILES string of the molecule is C[C@H]1CN(c2ccccn2)CCN1c1ccc(NC(=O)c2ccc(OCCF)nc2)cn1. The fourth-order valence-electron chi connectivity index (χ4n) is 3.62. The molecular weight excluding hydrogens is 411 g/mol. The number of piperazine rings is 1. The maximum Gasteiger partial charge on any atom is 0.257 e. The molecule has 0 radical (unpaired) electrons. The van der Waals surface area contributed by atoms with Crippen molar-refractivity contribution in [3.63, 3.8) is 0 Å². The molecule has 32 heavy (non-hydrogen) atoms. The Morgan fingerprint density at radius 3 is 2.66 bits per heavy atom. The summed E-state index contributed by atoms with van der Waals surface area (Å²) in [5, 5.41) is 2.81. The standard InChI is InChI=1S/C23H25FN6O2/c1-17-16-29(20-4-2-3-10-25-20)11-12-30(17)21-7-6-19(15-26-21)28-23(31)18-5-8-22(27-14-18)32-13-9-24/h2-8,10,14-15,17H,9,11-13,16H2,1H3,(H,28,31)/t17-/m0/s1. The lowest BCUT2D eigenvalue weighted by Crippen LogP contribution is -2.52. The van der Waals surface area contributed by atoms with Crippen molar-refractivity contribution in [2.75, 3.05) is 48.0 Å². The van der Waals surface area contributed by atoms with Gasteiger partial charge in [0.2, 0.25) is 5.88 Å². The summed E-state index contributed by atoms with van der Waals surface area (Å²) >= 11 is 0. The third-order valence-corrected chi connectivity index (χ3v) is 5.23. The third-order valence-electron chi connectivity index (χ3n) is 5.23. The molecular formula is C23H25FN6O2. The van der Waals surface area contributed by atoms with Crippen molar-refractivity contribution in [2.24, 2.45) is 0 Å². The Bertz CT molecular complexity index is 1020. The summed E-state index contributed by atoms with van der Waals surface area (Å²) in [6.07, 6.45) is 4.86. The minimum Gasteiger partial charge on any atom is -0.475 e. The summed E-state index contributed by atoms with van der Waals surface area (Å²) in [5.41, 5.74) is 0.970. The number of ether oxygens (including phenoxy) is 1. The summed E-state index contributed by atoms with van der Waals surface area (Å²) in [6.45, 7) is 4.06. The Morgan fingerprint density at radius 1 is 1.09 bits per heavy atom. The van der Waals surface area contributed by atoms with E-state index in [2.05, 4.69) is 37.0 Å². The van der Waals surface area contributed by atoms with Crippen molar-refractivity contribution in [1.82, 2.24) is 15.0 Å². The predicted molar refractivity (Wildman–Crippen MR) is 121 cm³/mol. The van der Waals surface area contributed by atoms with Gasteiger partial charge in [-0.15, -0.1) is 0 Å². The zero-order valence-electron chi connectivity index (χ0n) is 17.8. The number of anilines is 3. The van der Waals surface area contributed by atoms with Gasteiger partial charge in [-0.3, -0.25) is 4.79 Å². The highest BCUT2D eigenvalue weighted by atomic mass is 19.1. The molecule has 1 N–H and O–H groups in total. The van der Waals surface area contributed by atoms with Crippen LogP contribution in [-0.2, 0) is 0 Å². The summed E-state index contributed by atoms with van der Waals surface area (Å²) in [4.78, 5) is 30.0. The van der Waals surface area contributed by atoms with Crippen molar-refractivity contribution in [3.05, 3.63) is 66.6 Å². The number of alkyl halides is 1. The maximum atomic E-state index is 12.4. The first-order valence-electron chi connectivity index (χ1n) is 10.5. The molecule has 1 fully saturated rings. The molecule has 0 aliphatic carbocycles. The molecule has 1 saturated heterocycles. The lowest BCUT2D eigenvalue weighted by Gasteiger charge is -2.41. The monoisotopic (exact) mass is 436 g/mol. The maximum absolute atomic E-state index is 12.4. The number of rotatable bonds is 7. The zero-order chi connectivity index (χ0) is 22.3. The Kier molecular flexibility index (Phi) is 6.74. The van der Waals surface area contributed by atoms with Crippen LogP contribution >= 0.6 is 0 Å². The van der Waals surface area contributed by atoms with Crippen molar-refractivity contribution >= 4 is 23.2 Å². The van der Waals surface area contributed by atoms with Crippen molar-refractivity contribution < 1.29 is 13.9 Å². The van der Waals surface area contributed by atoms with Crippen LogP contribution in [0.4, 0.5) is 21.7 Å². The summed E-state index contributed by atoms with van der Waals surface area (Å²) < 4.78 is 17.2. The largest absolute Gasteiger partial charge is 0.475 e. The van der Waals surface area contributed by atoms with Crippen LogP contribution in [-0.4, -0.2) is 59.8 Å². The normalized spacial score (nSPS) is 16.0. The smallest absolute Gasteiger partial charge is 0.257 e. The van der Waals surface area contributed by atoms with E-state index in [4.69, 9.17) is 4.74 Å². The van der Waals surface area contributed by atoms with Gasteiger partial charge < -0.3 is 19.9 Å². The third kappa shape index (κ3) is 5.11. The minimum atomic E-state index is -0.592. The Balaban J connectivity index is 1.34. The average Bonchev–Trinajstić information content (AvgIpc) is 2.84. The number of carbonyl (C=O) groups excluding carboxylic acids is 1. The molecule has 1 aliphatic rings. The van der Waals surface area contributed by atoms with E-state index in [1.54, 1.807) is 12.3 Å². The van der Waals surface area contributed by atoms with Crippen LogP contribution in [0.25, 0.3) is 0 Å². The number of nitrogens with one attached hydrogen (secondary N) is 1. The van der Waals surface area contributed by atoms with Crippen molar-refractivity contribution in [3.8, 4) is 5.88 Å². The van der Waals surface area contributed by atoms with E-state index < -0.39 is 6.67 Å². The summed E-state index contributed by atoms with van der Waals surface area (Å²) in [7, 11) is 0. The summed E-state index contributed by atoms with van der Waals surface area (Å²) in [6, 6.07) is 13.1. The lowest BCUT2D eigenvalue weighted by atomic mass is 10.2. The molecule has 3 aromatic heterocycles. The van der Waals surface area contributed by atoms with Gasteiger partial charge in [0.05, 0.1) is 17.4 Å². The van der Waals surface area contributed by atoms with Gasteiger partial charge in [-0.1, -0.05) is 6.07 Å². The highest BCUT2D eigenvalue weighted by Gasteiger charge is 2.25. The van der Waals surface area contributed by atoms with Gasteiger partial charge in [-0.25, -0.2) is 19.3 Å². The number of hydrogen-bond donors (Lipinski definition) is 1. The van der Waals surface area contributed by atoms with E-state index in [1.807, 2.05) is 36.5 Å². The van der Waals surface area contributed by atoms with Crippen LogP contribution in [0, 0.1) is 0 Å². The van der Waals surface area contributed by atoms with Gasteiger partial charge in [0, 0.05) is 44.1 Å². The zero-order valence-corrected chi connectivity index (χ0v) is 17.8. The van der Waals surface area contributed by atoms with E-state index in [0.717, 1.165) is 31.3 Å². The first-order chi connectivity index (χ1) is 15.6. The van der Waals surface area contributed by atoms with Crippen molar-refractivity contribution in [1.29, 1.82) is 0 Å². The van der Waals surface area contributed by atoms with Gasteiger partial charge in [0.1, 0.15) is 24.9 Å². The molecule has 1 atom stereocenters. The van der Waals surface area contributed by atoms with Gasteiger partial charge >= 0.3 is 0 Å². The van der Waals surface area contributed by atoms with Crippen LogP contribution in [0.2, 0.25) is 0 Å². The van der Waals surface area contributed by atoms with Gasteiger partial charge in [0.25, 0.3) is 5.91 Å². The molecule has 4 rings (SSSR count). The first kappa shape index (κ1) is 21.5. The molecule has 0 saturated carbocycles. The van der Waals surface area contributed by atoms with E-state index >= 15 is 0 Å². The number of aromatic nitrogens is 3. The molecule has 9 heteroatoms. The molecule has 8 nitrogen and oxygen atoms in total. The fourth-order valence-corrected chi connectivity index (χ4v) is 3.62. The van der Waals surface area contributed by atoms with Gasteiger partial charge in [-0.2, -0.15) is 0 Å². The van der Waals surface area contributed by atoms with Crippen LogP contribution in [0.5, 0.6) is 5.88 Å². The van der Waals surface area contributed by atoms with E-state index in [1.165, 1.54) is 12.3 Å². The van der Waals surface area contributed by atoms with Crippen LogP contribution in [0.15, 0.2) is 61.1 Å². The molecule has 1 aliphatic heterocycles. The number of pyridine rings is 3. The quantitative estimate of drug-likeness (QED) is 0.609. The van der Waals surface area contributed by atoms with Gasteiger partial charge in [-0.05, 0) is 37.3 Å². The topological polar surface area (TPSA) is 83.5 Å². The minimum absolute atomic E-state index is 0.0621. The molecule has 4 heterocycles. The number of amides is 1. The van der Waals surface area contributed by atoms with Crippen LogP contribution < -0.4 is 19.9 Å². The molecule has 0 unspecified atom stereocenters. The fraction of sp³-hybridized carbons (Fsp3) is 0.304. The molecule has 0 aromatic carbocycles. The van der Waals surface area contributed by atoms with Crippen molar-refractivity contribution in [2.45, 2.75) is 13.0 Å². The summed E-state index contributed by atoms with van der Waals surface area (Å²) in [5.74, 6) is 1.83. The second kappa shape index (κ2) is 10.0. The Labute approximate surface area is 186 Å². The molecule has 166 valence electrons. The molecule has 3 aromatic rings. The highest BCUT2D eigenvalue weighted by Crippen LogP contribution is 2.22. The average molecular weight is 436 g/mol. The molecule has 1 amide bonds. The Hall–Kier alpha value is -3.75. The van der Waals surface area contributed by atoms with E-state index in [0.29, 0.717) is 11.3 Å². The second-order valence-electron chi connectivity index (χ2n) is 7.46. The second-order valence-corrected chi connectivity index (χ2v) is 7.46. The first-order valence-corrected chi connectivity index (χ1v) is 10.5. The van der Waals surface area contributed by atoms with E-state index in [9.17, 15) is 9.18 Å². The van der Waals surface area contributed by atoms with Crippen LogP contribution in [0.1, 0.15) is 17.3 Å². The van der Waals surface area contributed by atoms with Gasteiger partial charge in [0.15, 0.2) is 0 Å². The lowest BCUT2D eigenvalue weighted by molar-refractivity contribution is 0.102. The highest BCUT2D eigenvalue weighted by molar-refractivity contribution is 6.04. The molecule has 0 spiro atoms. The number of halogens is 1. The van der Waals surface area contributed by atoms with E-state index in [-0.39, 0.29) is 24.4 Å². The number of carbonyl (C=O) groups is 1. The number of hydrogen-bond acceptors (Lipinski definition) is 7. The van der Waals surface area contributed by atoms with Crippen LogP contribution in [0.3, 0.4) is 0 Å². The molecule has 0 bridgehead atoms. The Morgan fingerprint density at radius 2 is 2.00 bits per heavy atom. The predicted octanol–water partition coefficient (Wildman–Crippen LogP) is 3.19. The number of nitrogens with zero attached hydrogens (tertiary/aromatic N) is 5.